The average molecular weight is 259 g/mol. The van der Waals surface area contributed by atoms with Gasteiger partial charge in [0, 0.05) is 12.4 Å². The summed E-state index contributed by atoms with van der Waals surface area (Å²) in [6.07, 6.45) is 6.45. The van der Waals surface area contributed by atoms with Gasteiger partial charge in [0.2, 0.25) is 0 Å². The quantitative estimate of drug-likeness (QED) is 0.873. The minimum Gasteiger partial charge on any atom is -0.347 e. The monoisotopic (exact) mass is 259 g/mol. The van der Waals surface area contributed by atoms with Gasteiger partial charge in [-0.3, -0.25) is 9.78 Å². The molecule has 6 nitrogen and oxygen atoms in total. The molecule has 0 bridgehead atoms. The predicted octanol–water partition coefficient (Wildman–Crippen LogP) is 1.13. The number of carbonyl (C=O) groups is 1. The first-order chi connectivity index (χ1) is 9.16. The highest BCUT2D eigenvalue weighted by atomic mass is 16.1. The molecule has 1 amide bonds. The molecule has 2 aromatic heterocycles. The molecule has 1 unspecified atom stereocenters. The van der Waals surface area contributed by atoms with Gasteiger partial charge in [-0.2, -0.15) is 15.0 Å². The maximum atomic E-state index is 12.1. The van der Waals surface area contributed by atoms with Gasteiger partial charge in [-0.05, 0) is 18.1 Å². The first kappa shape index (κ1) is 13.2. The molecule has 2 heterocycles. The number of hydrogen-bond acceptors (Lipinski definition) is 4. The Balaban J connectivity index is 2.03. The van der Waals surface area contributed by atoms with Crippen LogP contribution in [0.15, 0.2) is 36.9 Å². The molecule has 0 aliphatic carbocycles. The molecule has 0 aliphatic rings. The molecule has 0 fully saturated rings. The van der Waals surface area contributed by atoms with Crippen LogP contribution in [-0.2, 0) is 6.54 Å². The van der Waals surface area contributed by atoms with E-state index >= 15 is 0 Å². The highest BCUT2D eigenvalue weighted by Crippen LogP contribution is 2.06. The highest BCUT2D eigenvalue weighted by molar-refractivity contribution is 5.94. The molecule has 100 valence electrons. The molecule has 0 aliphatic heterocycles. The smallest absolute Gasteiger partial charge is 0.253 e. The van der Waals surface area contributed by atoms with Crippen molar-refractivity contribution < 1.29 is 4.79 Å². The Hall–Kier alpha value is -2.24. The second kappa shape index (κ2) is 6.08. The standard InChI is InChI=1S/C13H17N5O/c1-10(2)12(9-18-15-6-7-16-18)17-13(19)11-4-3-5-14-8-11/h3-8,10,12H,9H2,1-2H3,(H,17,19). The number of amides is 1. The lowest BCUT2D eigenvalue weighted by atomic mass is 10.0. The van der Waals surface area contributed by atoms with Crippen molar-refractivity contribution in [2.75, 3.05) is 0 Å². The molecule has 1 atom stereocenters. The van der Waals surface area contributed by atoms with Gasteiger partial charge in [-0.1, -0.05) is 13.8 Å². The maximum absolute atomic E-state index is 12.1. The summed E-state index contributed by atoms with van der Waals surface area (Å²) in [5, 5.41) is 11.1. The van der Waals surface area contributed by atoms with Crippen molar-refractivity contribution in [2.24, 2.45) is 5.92 Å². The van der Waals surface area contributed by atoms with Gasteiger partial charge >= 0.3 is 0 Å². The fraction of sp³-hybridized carbons (Fsp3) is 0.385. The van der Waals surface area contributed by atoms with E-state index in [0.717, 1.165) is 0 Å². The van der Waals surface area contributed by atoms with Crippen molar-refractivity contribution >= 4 is 5.91 Å². The third-order valence-corrected chi connectivity index (χ3v) is 2.87. The number of pyridine rings is 1. The Bertz CT molecular complexity index is 509. The maximum Gasteiger partial charge on any atom is 0.253 e. The lowest BCUT2D eigenvalue weighted by Gasteiger charge is -2.21. The fourth-order valence-electron chi connectivity index (χ4n) is 1.69. The number of nitrogens with zero attached hydrogens (tertiary/aromatic N) is 4. The van der Waals surface area contributed by atoms with Crippen molar-refractivity contribution in [3.8, 4) is 0 Å². The van der Waals surface area contributed by atoms with Gasteiger partial charge in [0.1, 0.15) is 0 Å². The summed E-state index contributed by atoms with van der Waals surface area (Å²) in [5.41, 5.74) is 0.557. The summed E-state index contributed by atoms with van der Waals surface area (Å²) in [7, 11) is 0. The summed E-state index contributed by atoms with van der Waals surface area (Å²) < 4.78 is 0. The van der Waals surface area contributed by atoms with E-state index in [1.807, 2.05) is 0 Å². The van der Waals surface area contributed by atoms with Crippen LogP contribution in [0.25, 0.3) is 0 Å². The van der Waals surface area contributed by atoms with E-state index in [1.54, 1.807) is 41.7 Å². The van der Waals surface area contributed by atoms with Crippen LogP contribution >= 0.6 is 0 Å². The SMILES string of the molecule is CC(C)C(Cn1nccn1)NC(=O)c1cccnc1. The highest BCUT2D eigenvalue weighted by Gasteiger charge is 2.18. The summed E-state index contributed by atoms with van der Waals surface area (Å²) in [5.74, 6) is 0.158. The predicted molar refractivity (Wildman–Crippen MR) is 70.4 cm³/mol. The van der Waals surface area contributed by atoms with Crippen LogP contribution in [-0.4, -0.2) is 31.9 Å². The molecule has 0 saturated heterocycles. The second-order valence-electron chi connectivity index (χ2n) is 4.65. The Morgan fingerprint density at radius 1 is 1.32 bits per heavy atom. The number of rotatable bonds is 5. The normalized spacial score (nSPS) is 12.4. The van der Waals surface area contributed by atoms with E-state index in [9.17, 15) is 4.79 Å². The number of aromatic nitrogens is 4. The largest absolute Gasteiger partial charge is 0.347 e. The van der Waals surface area contributed by atoms with Crippen LogP contribution in [0.3, 0.4) is 0 Å². The first-order valence-electron chi connectivity index (χ1n) is 6.22. The molecular formula is C13H17N5O. The van der Waals surface area contributed by atoms with Crippen LogP contribution in [0.4, 0.5) is 0 Å². The Morgan fingerprint density at radius 2 is 2.05 bits per heavy atom. The van der Waals surface area contributed by atoms with Crippen LogP contribution < -0.4 is 5.32 Å². The second-order valence-corrected chi connectivity index (χ2v) is 4.65. The lowest BCUT2D eigenvalue weighted by molar-refractivity contribution is 0.0917. The van der Waals surface area contributed by atoms with Crippen molar-refractivity contribution in [3.63, 3.8) is 0 Å². The zero-order valence-electron chi connectivity index (χ0n) is 11.0. The van der Waals surface area contributed by atoms with Gasteiger partial charge in [0.25, 0.3) is 5.91 Å². The molecular weight excluding hydrogens is 242 g/mol. The average Bonchev–Trinajstić information content (AvgIpc) is 2.91. The molecule has 0 radical (unpaired) electrons. The topological polar surface area (TPSA) is 72.7 Å². The zero-order valence-corrected chi connectivity index (χ0v) is 11.0. The molecule has 2 rings (SSSR count). The van der Waals surface area contributed by atoms with Gasteiger partial charge in [0.15, 0.2) is 0 Å². The number of nitrogens with one attached hydrogen (secondary N) is 1. The van der Waals surface area contributed by atoms with Gasteiger partial charge in [0.05, 0.1) is 30.5 Å². The zero-order chi connectivity index (χ0) is 13.7. The van der Waals surface area contributed by atoms with Crippen molar-refractivity contribution in [1.82, 2.24) is 25.3 Å². The van der Waals surface area contributed by atoms with E-state index in [4.69, 9.17) is 0 Å². The van der Waals surface area contributed by atoms with Gasteiger partial charge in [-0.15, -0.1) is 0 Å². The molecule has 19 heavy (non-hydrogen) atoms. The summed E-state index contributed by atoms with van der Waals surface area (Å²) in [6.45, 7) is 4.66. The number of hydrogen-bond donors (Lipinski definition) is 1. The molecule has 0 saturated carbocycles. The number of carbonyl (C=O) groups excluding carboxylic acids is 1. The van der Waals surface area contributed by atoms with Gasteiger partial charge < -0.3 is 5.32 Å². The molecule has 6 heteroatoms. The molecule has 0 spiro atoms. The van der Waals surface area contributed by atoms with E-state index in [1.165, 1.54) is 0 Å². The van der Waals surface area contributed by atoms with E-state index in [0.29, 0.717) is 12.1 Å². The Kier molecular flexibility index (Phi) is 4.22. The third-order valence-electron chi connectivity index (χ3n) is 2.87. The van der Waals surface area contributed by atoms with Crippen molar-refractivity contribution in [2.45, 2.75) is 26.4 Å². The molecule has 2 aromatic rings. The van der Waals surface area contributed by atoms with E-state index in [2.05, 4.69) is 34.3 Å². The summed E-state index contributed by atoms with van der Waals surface area (Å²) >= 11 is 0. The van der Waals surface area contributed by atoms with Crippen molar-refractivity contribution in [1.29, 1.82) is 0 Å². The van der Waals surface area contributed by atoms with Crippen LogP contribution in [0, 0.1) is 5.92 Å². The third kappa shape index (κ3) is 3.61. The van der Waals surface area contributed by atoms with Gasteiger partial charge in [-0.25, -0.2) is 0 Å². The summed E-state index contributed by atoms with van der Waals surface area (Å²) in [4.78, 5) is 17.6. The lowest BCUT2D eigenvalue weighted by Crippen LogP contribution is -2.42. The Morgan fingerprint density at radius 3 is 2.63 bits per heavy atom. The summed E-state index contributed by atoms with van der Waals surface area (Å²) in [6, 6.07) is 3.46. The van der Waals surface area contributed by atoms with E-state index < -0.39 is 0 Å². The van der Waals surface area contributed by atoms with E-state index in [-0.39, 0.29) is 17.9 Å². The molecule has 1 N–H and O–H groups in total. The van der Waals surface area contributed by atoms with Crippen LogP contribution in [0.5, 0.6) is 0 Å². The minimum absolute atomic E-state index is 0.0277. The minimum atomic E-state index is -0.126. The molecule has 0 aromatic carbocycles. The van der Waals surface area contributed by atoms with Crippen molar-refractivity contribution in [3.05, 3.63) is 42.5 Å². The Labute approximate surface area is 111 Å². The van der Waals surface area contributed by atoms with Crippen LogP contribution in [0.1, 0.15) is 24.2 Å². The fourth-order valence-corrected chi connectivity index (χ4v) is 1.69. The first-order valence-corrected chi connectivity index (χ1v) is 6.22. The van der Waals surface area contributed by atoms with Crippen LogP contribution in [0.2, 0.25) is 0 Å².